The highest BCUT2D eigenvalue weighted by Crippen LogP contribution is 2.15. The van der Waals surface area contributed by atoms with E-state index in [-0.39, 0.29) is 0 Å². The summed E-state index contributed by atoms with van der Waals surface area (Å²) in [6.07, 6.45) is 25.6. The number of aryl methyl sites for hydroxylation is 1. The predicted molar refractivity (Wildman–Crippen MR) is 184 cm³/mol. The van der Waals surface area contributed by atoms with Crippen LogP contribution in [0.1, 0.15) is 135 Å². The zero-order valence-corrected chi connectivity index (χ0v) is 29.0. The van der Waals surface area contributed by atoms with Gasteiger partial charge < -0.3 is 28.4 Å². The van der Waals surface area contributed by atoms with Crippen molar-refractivity contribution in [2.45, 2.75) is 136 Å². The fourth-order valence-corrected chi connectivity index (χ4v) is 5.11. The molecule has 0 atom stereocenters. The summed E-state index contributed by atoms with van der Waals surface area (Å²) >= 11 is 0. The molecular weight excluding hydrogens is 552 g/mol. The molecule has 0 bridgehead atoms. The third-order valence-electron chi connectivity index (χ3n) is 7.87. The van der Waals surface area contributed by atoms with E-state index in [1.165, 1.54) is 115 Å². The van der Waals surface area contributed by atoms with Crippen LogP contribution in [0.5, 0.6) is 5.75 Å². The predicted octanol–water partition coefficient (Wildman–Crippen LogP) is 9.75. The Labute approximate surface area is 272 Å². The lowest BCUT2D eigenvalue weighted by molar-refractivity contribution is -0.0128. The quantitative estimate of drug-likeness (QED) is 0.0695. The Morgan fingerprint density at radius 1 is 0.341 bits per heavy atom. The minimum Gasteiger partial charge on any atom is -0.491 e. The second kappa shape index (κ2) is 34.7. The Kier molecular flexibility index (Phi) is 32.2. The third-order valence-corrected chi connectivity index (χ3v) is 7.87. The maximum Gasteiger partial charge on any atom is 0.119 e. The van der Waals surface area contributed by atoms with Crippen molar-refractivity contribution in [2.24, 2.45) is 0 Å². The van der Waals surface area contributed by atoms with E-state index in [1.54, 1.807) is 0 Å². The fourth-order valence-electron chi connectivity index (χ4n) is 5.11. The summed E-state index contributed by atoms with van der Waals surface area (Å²) in [5, 5.41) is 0. The lowest BCUT2D eigenvalue weighted by Gasteiger charge is -2.09. The topological polar surface area (TPSA) is 55.4 Å². The van der Waals surface area contributed by atoms with Gasteiger partial charge in [-0.3, -0.25) is 0 Å². The molecule has 0 aliphatic heterocycles. The number of ether oxygens (including phenoxy) is 6. The normalized spacial score (nSPS) is 11.4. The summed E-state index contributed by atoms with van der Waals surface area (Å²) in [7, 11) is 0. The van der Waals surface area contributed by atoms with Gasteiger partial charge in [-0.25, -0.2) is 0 Å². The Hall–Kier alpha value is -1.18. The van der Waals surface area contributed by atoms with Gasteiger partial charge in [0.05, 0.1) is 59.5 Å². The van der Waals surface area contributed by atoms with E-state index in [0.29, 0.717) is 66.1 Å². The van der Waals surface area contributed by atoms with E-state index in [1.807, 2.05) is 0 Å². The molecule has 44 heavy (non-hydrogen) atoms. The number of benzene rings is 1. The Balaban J connectivity index is 1.73. The molecule has 0 aromatic heterocycles. The summed E-state index contributed by atoms with van der Waals surface area (Å²) in [6, 6.07) is 8.51. The number of hydrogen-bond donors (Lipinski definition) is 0. The summed E-state index contributed by atoms with van der Waals surface area (Å²) < 4.78 is 33.8. The van der Waals surface area contributed by atoms with Crippen molar-refractivity contribution >= 4 is 0 Å². The minimum atomic E-state index is 0.546. The summed E-state index contributed by atoms with van der Waals surface area (Å²) in [5.41, 5.74) is 1.39. The fraction of sp³-hybridized carbons (Fsp3) is 0.842. The smallest absolute Gasteiger partial charge is 0.119 e. The van der Waals surface area contributed by atoms with Gasteiger partial charge >= 0.3 is 0 Å². The number of hydrogen-bond acceptors (Lipinski definition) is 6. The zero-order chi connectivity index (χ0) is 31.4. The summed E-state index contributed by atoms with van der Waals surface area (Å²) in [5.74, 6) is 0.904. The average molecular weight is 623 g/mol. The highest BCUT2D eigenvalue weighted by atomic mass is 16.6. The molecule has 6 heteroatoms. The van der Waals surface area contributed by atoms with E-state index in [9.17, 15) is 0 Å². The number of unbranched alkanes of at least 4 members (excludes halogenated alkanes) is 16. The van der Waals surface area contributed by atoms with Gasteiger partial charge in [0.2, 0.25) is 0 Å². The molecule has 0 saturated carbocycles. The van der Waals surface area contributed by atoms with E-state index < -0.39 is 0 Å². The lowest BCUT2D eigenvalue weighted by Crippen LogP contribution is -2.14. The van der Waals surface area contributed by atoms with Crippen molar-refractivity contribution in [3.05, 3.63) is 29.8 Å². The van der Waals surface area contributed by atoms with Gasteiger partial charge in [0.25, 0.3) is 0 Å². The molecule has 0 aliphatic carbocycles. The second-order valence-corrected chi connectivity index (χ2v) is 12.0. The van der Waals surface area contributed by atoms with Crippen LogP contribution in [-0.4, -0.2) is 72.7 Å². The Bertz CT molecular complexity index is 668. The highest BCUT2D eigenvalue weighted by Gasteiger charge is 1.99. The first-order valence-corrected chi connectivity index (χ1v) is 18.5. The molecule has 0 saturated heterocycles. The van der Waals surface area contributed by atoms with Crippen molar-refractivity contribution in [2.75, 3.05) is 72.7 Å². The Morgan fingerprint density at radius 3 is 1.11 bits per heavy atom. The van der Waals surface area contributed by atoms with Gasteiger partial charge in [-0.1, -0.05) is 129 Å². The maximum atomic E-state index is 5.79. The van der Waals surface area contributed by atoms with Crippen LogP contribution in [0.25, 0.3) is 0 Å². The molecule has 0 heterocycles. The van der Waals surface area contributed by atoms with Crippen LogP contribution in [0.4, 0.5) is 0 Å². The van der Waals surface area contributed by atoms with Crippen molar-refractivity contribution in [3.8, 4) is 5.75 Å². The van der Waals surface area contributed by atoms with E-state index >= 15 is 0 Å². The molecule has 1 rings (SSSR count). The highest BCUT2D eigenvalue weighted by molar-refractivity contribution is 5.27. The van der Waals surface area contributed by atoms with E-state index in [0.717, 1.165) is 25.2 Å². The first-order chi connectivity index (χ1) is 21.9. The zero-order valence-electron chi connectivity index (χ0n) is 29.0. The molecule has 0 fully saturated rings. The minimum absolute atomic E-state index is 0.546. The molecule has 1 aromatic carbocycles. The number of rotatable bonds is 36. The van der Waals surface area contributed by atoms with Crippen LogP contribution >= 0.6 is 0 Å². The summed E-state index contributed by atoms with van der Waals surface area (Å²) in [6.45, 7) is 11.2. The second-order valence-electron chi connectivity index (χ2n) is 12.0. The van der Waals surface area contributed by atoms with Crippen LogP contribution in [0.2, 0.25) is 0 Å². The molecule has 0 unspecified atom stereocenters. The van der Waals surface area contributed by atoms with E-state index in [4.69, 9.17) is 28.4 Å². The van der Waals surface area contributed by atoms with Crippen LogP contribution in [0.3, 0.4) is 0 Å². The first kappa shape index (κ1) is 40.8. The monoisotopic (exact) mass is 623 g/mol. The first-order valence-electron chi connectivity index (χ1n) is 18.5. The van der Waals surface area contributed by atoms with Crippen LogP contribution in [0, 0.1) is 0 Å². The standard InChI is InChI=1S/C38H70O6/c1-3-5-7-9-11-12-13-14-16-18-20-26-39-27-28-40-29-30-41-31-32-42-33-34-43-35-36-44-38-24-22-37(23-25-38)21-19-17-15-10-8-6-4-2/h22-25H,3-21,26-36H2,1-2H3. The summed E-state index contributed by atoms with van der Waals surface area (Å²) in [4.78, 5) is 0. The van der Waals surface area contributed by atoms with Gasteiger partial charge in [0.15, 0.2) is 0 Å². The van der Waals surface area contributed by atoms with Crippen molar-refractivity contribution in [1.29, 1.82) is 0 Å². The molecule has 258 valence electrons. The van der Waals surface area contributed by atoms with Gasteiger partial charge in [0, 0.05) is 6.61 Å². The van der Waals surface area contributed by atoms with Crippen LogP contribution in [-0.2, 0) is 30.1 Å². The maximum absolute atomic E-state index is 5.79. The molecule has 0 spiro atoms. The van der Waals surface area contributed by atoms with Crippen molar-refractivity contribution in [1.82, 2.24) is 0 Å². The lowest BCUT2D eigenvalue weighted by atomic mass is 10.0. The third kappa shape index (κ3) is 29.5. The van der Waals surface area contributed by atoms with Gasteiger partial charge in [0.1, 0.15) is 12.4 Å². The largest absolute Gasteiger partial charge is 0.491 e. The molecule has 1 aromatic rings. The molecule has 0 N–H and O–H groups in total. The molecule has 0 amide bonds. The Morgan fingerprint density at radius 2 is 0.682 bits per heavy atom. The molecule has 6 nitrogen and oxygen atoms in total. The molecule has 0 aliphatic rings. The SMILES string of the molecule is CCCCCCCCCCCCCOCCOCCOCCOCCOCCOc1ccc(CCCCCCCCC)cc1. The van der Waals surface area contributed by atoms with Gasteiger partial charge in [-0.05, 0) is 37.0 Å². The van der Waals surface area contributed by atoms with Crippen molar-refractivity contribution in [3.63, 3.8) is 0 Å². The van der Waals surface area contributed by atoms with Gasteiger partial charge in [-0.2, -0.15) is 0 Å². The van der Waals surface area contributed by atoms with Gasteiger partial charge in [-0.15, -0.1) is 0 Å². The average Bonchev–Trinajstić information content (AvgIpc) is 3.04. The molecular formula is C38H70O6. The van der Waals surface area contributed by atoms with E-state index in [2.05, 4.69) is 38.1 Å². The van der Waals surface area contributed by atoms with Crippen LogP contribution in [0.15, 0.2) is 24.3 Å². The van der Waals surface area contributed by atoms with Crippen LogP contribution < -0.4 is 4.74 Å². The van der Waals surface area contributed by atoms with Crippen molar-refractivity contribution < 1.29 is 28.4 Å². The molecule has 0 radical (unpaired) electrons.